The van der Waals surface area contributed by atoms with Gasteiger partial charge in [-0.25, -0.2) is 0 Å². The van der Waals surface area contributed by atoms with Gasteiger partial charge in [-0.15, -0.1) is 0 Å². The number of hydrogen-bond donors (Lipinski definition) is 1. The average Bonchev–Trinajstić information content (AvgIpc) is 2.05. The Morgan fingerprint density at radius 1 is 0.941 bits per heavy atom. The zero-order chi connectivity index (χ0) is 12.0. The van der Waals surface area contributed by atoms with E-state index in [1.807, 2.05) is 0 Å². The smallest absolute Gasteiger partial charge is 0.0578 e. The molecule has 0 heterocycles. The van der Waals surface area contributed by atoms with Crippen LogP contribution in [-0.2, 0) is 4.74 Å². The van der Waals surface area contributed by atoms with E-state index in [4.69, 9.17) is 4.74 Å². The molecule has 0 unspecified atom stereocenters. The van der Waals surface area contributed by atoms with Crippen LogP contribution in [0.3, 0.4) is 0 Å². The third-order valence-electron chi connectivity index (χ3n) is 3.19. The Balaban J connectivity index is 0.000000284. The molecular weight excluding hydrogens is 210 g/mol. The second-order valence-corrected chi connectivity index (χ2v) is 5.69. The summed E-state index contributed by atoms with van der Waals surface area (Å²) in [5.41, 5.74) is 0. The third kappa shape index (κ3) is 7.77. The van der Waals surface area contributed by atoms with Crippen LogP contribution >= 0.6 is 0 Å². The standard InChI is InChI=1S/C7H15N.C7H14O.CH4/c2*1-6(2)8-7-4-3-5-7;/h6-8H,3-5H2,1-2H3;6-7H,3-5H2,1-2H3;1H4. The summed E-state index contributed by atoms with van der Waals surface area (Å²) >= 11 is 0. The van der Waals surface area contributed by atoms with E-state index in [2.05, 4.69) is 33.0 Å². The molecule has 0 aromatic carbocycles. The molecule has 0 aliphatic heterocycles. The topological polar surface area (TPSA) is 21.3 Å². The fourth-order valence-corrected chi connectivity index (χ4v) is 1.94. The van der Waals surface area contributed by atoms with Crippen LogP contribution in [0, 0.1) is 0 Å². The Labute approximate surface area is 109 Å². The normalized spacial score (nSPS) is 20.1. The molecule has 2 aliphatic carbocycles. The number of hydrogen-bond acceptors (Lipinski definition) is 2. The predicted octanol–water partition coefficient (Wildman–Crippen LogP) is 4.14. The lowest BCUT2D eigenvalue weighted by Gasteiger charge is -2.28. The molecule has 2 saturated carbocycles. The maximum Gasteiger partial charge on any atom is 0.0578 e. The summed E-state index contributed by atoms with van der Waals surface area (Å²) in [6.45, 7) is 8.60. The summed E-state index contributed by atoms with van der Waals surface area (Å²) in [5, 5.41) is 3.48. The quantitative estimate of drug-likeness (QED) is 0.801. The first-order chi connectivity index (χ1) is 7.58. The number of ether oxygens (including phenoxy) is 1. The molecule has 0 radical (unpaired) electrons. The van der Waals surface area contributed by atoms with Crippen LogP contribution in [0.2, 0.25) is 0 Å². The van der Waals surface area contributed by atoms with Gasteiger partial charge in [-0.3, -0.25) is 0 Å². The van der Waals surface area contributed by atoms with Crippen molar-refractivity contribution in [2.45, 2.75) is 97.9 Å². The van der Waals surface area contributed by atoms with Gasteiger partial charge >= 0.3 is 0 Å². The Bertz CT molecular complexity index is 152. The summed E-state index contributed by atoms with van der Waals surface area (Å²) in [6.07, 6.45) is 9.23. The maximum absolute atomic E-state index is 5.49. The average molecular weight is 243 g/mol. The highest BCUT2D eigenvalue weighted by atomic mass is 16.5. The zero-order valence-electron chi connectivity index (χ0n) is 11.5. The van der Waals surface area contributed by atoms with Gasteiger partial charge in [-0.05, 0) is 46.0 Å². The van der Waals surface area contributed by atoms with Crippen LogP contribution in [0.1, 0.15) is 73.6 Å². The number of rotatable bonds is 4. The van der Waals surface area contributed by atoms with E-state index in [-0.39, 0.29) is 7.43 Å². The molecule has 2 fully saturated rings. The predicted molar refractivity (Wildman–Crippen MR) is 76.5 cm³/mol. The van der Waals surface area contributed by atoms with Crippen molar-refractivity contribution >= 4 is 0 Å². The second-order valence-electron chi connectivity index (χ2n) is 5.69. The molecule has 1 N–H and O–H groups in total. The molecule has 2 rings (SSSR count). The van der Waals surface area contributed by atoms with Crippen molar-refractivity contribution in [1.29, 1.82) is 0 Å². The minimum absolute atomic E-state index is 0. The van der Waals surface area contributed by atoms with E-state index in [1.54, 1.807) is 0 Å². The van der Waals surface area contributed by atoms with Crippen LogP contribution in [0.5, 0.6) is 0 Å². The zero-order valence-corrected chi connectivity index (χ0v) is 11.5. The lowest BCUT2D eigenvalue weighted by atomic mass is 9.93. The van der Waals surface area contributed by atoms with Crippen LogP contribution in [-0.4, -0.2) is 24.3 Å². The molecule has 104 valence electrons. The van der Waals surface area contributed by atoms with Gasteiger partial charge in [0, 0.05) is 12.1 Å². The minimum atomic E-state index is 0. The van der Waals surface area contributed by atoms with Crippen molar-refractivity contribution in [1.82, 2.24) is 5.32 Å². The molecule has 0 amide bonds. The Morgan fingerprint density at radius 2 is 1.47 bits per heavy atom. The van der Waals surface area contributed by atoms with E-state index >= 15 is 0 Å². The molecule has 0 aromatic rings. The summed E-state index contributed by atoms with van der Waals surface area (Å²) < 4.78 is 5.49. The van der Waals surface area contributed by atoms with Crippen molar-refractivity contribution < 1.29 is 4.74 Å². The van der Waals surface area contributed by atoms with Gasteiger partial charge in [0.15, 0.2) is 0 Å². The van der Waals surface area contributed by atoms with E-state index in [0.29, 0.717) is 18.2 Å². The van der Waals surface area contributed by atoms with E-state index < -0.39 is 0 Å². The molecule has 2 aliphatic rings. The van der Waals surface area contributed by atoms with Crippen molar-refractivity contribution in [3.63, 3.8) is 0 Å². The first-order valence-corrected chi connectivity index (χ1v) is 6.99. The molecule has 0 bridgehead atoms. The molecule has 2 heteroatoms. The van der Waals surface area contributed by atoms with Gasteiger partial charge in [-0.1, -0.05) is 27.7 Å². The van der Waals surface area contributed by atoms with Crippen molar-refractivity contribution in [3.05, 3.63) is 0 Å². The van der Waals surface area contributed by atoms with Crippen LogP contribution in [0.25, 0.3) is 0 Å². The van der Waals surface area contributed by atoms with Crippen LogP contribution in [0.15, 0.2) is 0 Å². The molecule has 0 spiro atoms. The second kappa shape index (κ2) is 8.93. The largest absolute Gasteiger partial charge is 0.376 e. The SMILES string of the molecule is C.CC(C)NC1CCC1.CC(C)OC1CCC1. The molecule has 0 atom stereocenters. The molecular formula is C15H33NO. The van der Waals surface area contributed by atoms with Crippen LogP contribution < -0.4 is 5.32 Å². The van der Waals surface area contributed by atoms with Crippen molar-refractivity contribution in [2.24, 2.45) is 0 Å². The van der Waals surface area contributed by atoms with Gasteiger partial charge in [-0.2, -0.15) is 0 Å². The first-order valence-electron chi connectivity index (χ1n) is 6.99. The monoisotopic (exact) mass is 243 g/mol. The molecule has 0 saturated heterocycles. The molecule has 2 nitrogen and oxygen atoms in total. The third-order valence-corrected chi connectivity index (χ3v) is 3.19. The Hall–Kier alpha value is -0.0800. The highest BCUT2D eigenvalue weighted by Crippen LogP contribution is 2.22. The lowest BCUT2D eigenvalue weighted by molar-refractivity contribution is -0.0347. The van der Waals surface area contributed by atoms with Gasteiger partial charge in [0.25, 0.3) is 0 Å². The van der Waals surface area contributed by atoms with Crippen molar-refractivity contribution in [2.75, 3.05) is 0 Å². The summed E-state index contributed by atoms with van der Waals surface area (Å²) in [5.74, 6) is 0. The highest BCUT2D eigenvalue weighted by Gasteiger charge is 2.18. The fourth-order valence-electron chi connectivity index (χ4n) is 1.94. The van der Waals surface area contributed by atoms with E-state index in [0.717, 1.165) is 6.04 Å². The Kier molecular flexibility index (Phi) is 8.89. The first kappa shape index (κ1) is 16.9. The summed E-state index contributed by atoms with van der Waals surface area (Å²) in [6, 6.07) is 1.54. The highest BCUT2D eigenvalue weighted by molar-refractivity contribution is 4.77. The van der Waals surface area contributed by atoms with Gasteiger partial charge in [0.2, 0.25) is 0 Å². The molecule has 0 aromatic heterocycles. The summed E-state index contributed by atoms with van der Waals surface area (Å²) in [7, 11) is 0. The van der Waals surface area contributed by atoms with Crippen LogP contribution in [0.4, 0.5) is 0 Å². The summed E-state index contributed by atoms with van der Waals surface area (Å²) in [4.78, 5) is 0. The van der Waals surface area contributed by atoms with Gasteiger partial charge in [0.1, 0.15) is 0 Å². The Morgan fingerprint density at radius 3 is 1.59 bits per heavy atom. The fraction of sp³-hybridized carbons (Fsp3) is 1.00. The lowest BCUT2D eigenvalue weighted by Crippen LogP contribution is -2.39. The molecule has 17 heavy (non-hydrogen) atoms. The number of nitrogens with one attached hydrogen (secondary N) is 1. The van der Waals surface area contributed by atoms with Gasteiger partial charge < -0.3 is 10.1 Å². The minimum Gasteiger partial charge on any atom is -0.376 e. The van der Waals surface area contributed by atoms with E-state index in [9.17, 15) is 0 Å². The van der Waals surface area contributed by atoms with Crippen molar-refractivity contribution in [3.8, 4) is 0 Å². The maximum atomic E-state index is 5.49. The van der Waals surface area contributed by atoms with Gasteiger partial charge in [0.05, 0.1) is 12.2 Å². The van der Waals surface area contributed by atoms with E-state index in [1.165, 1.54) is 38.5 Å².